The number of carbonyl (C=O) groups is 1. The molecule has 0 spiro atoms. The molecule has 29 heavy (non-hydrogen) atoms. The molecule has 0 unspecified atom stereocenters. The first-order valence-electron chi connectivity index (χ1n) is 10.4. The lowest BCUT2D eigenvalue weighted by molar-refractivity contribution is 0.0956. The number of hydrogen-bond acceptors (Lipinski definition) is 4. The van der Waals surface area contributed by atoms with Gasteiger partial charge >= 0.3 is 0 Å². The van der Waals surface area contributed by atoms with Crippen LogP contribution in [-0.4, -0.2) is 51.7 Å². The zero-order valence-electron chi connectivity index (χ0n) is 16.9. The van der Waals surface area contributed by atoms with Crippen LogP contribution in [0.4, 0.5) is 0 Å². The van der Waals surface area contributed by atoms with E-state index in [4.69, 9.17) is 4.98 Å². The Morgan fingerprint density at radius 3 is 2.76 bits per heavy atom. The minimum atomic E-state index is -0.0350. The number of aliphatic hydroxyl groups excluding tert-OH is 1. The number of carbonyl (C=O) groups excluding carboxylic acids is 1. The number of benzene rings is 2. The molecule has 0 aliphatic carbocycles. The first kappa shape index (κ1) is 19.6. The first-order valence-corrected chi connectivity index (χ1v) is 10.4. The average molecular weight is 393 g/mol. The van der Waals surface area contributed by atoms with Gasteiger partial charge in [-0.15, -0.1) is 0 Å². The number of para-hydroxylation sites is 1. The van der Waals surface area contributed by atoms with Crippen LogP contribution in [0.5, 0.6) is 0 Å². The highest BCUT2D eigenvalue weighted by Gasteiger charge is 2.21. The Hall–Kier alpha value is -2.70. The molecule has 0 radical (unpaired) electrons. The lowest BCUT2D eigenvalue weighted by Gasteiger charge is -2.21. The fourth-order valence-electron chi connectivity index (χ4n) is 3.99. The molecule has 1 aromatic heterocycles. The Morgan fingerprint density at radius 1 is 1.17 bits per heavy atom. The van der Waals surface area contributed by atoms with Crippen molar-refractivity contribution in [1.82, 2.24) is 19.8 Å². The number of unbranched alkanes of at least 4 members (excludes halogenated alkanes) is 1. The van der Waals surface area contributed by atoms with Gasteiger partial charge in [-0.2, -0.15) is 0 Å². The minimum absolute atomic E-state index is 0.0350. The van der Waals surface area contributed by atoms with Crippen molar-refractivity contribution in [2.24, 2.45) is 0 Å². The highest BCUT2D eigenvalue weighted by atomic mass is 16.3. The molecule has 3 aromatic rings. The standard InChI is InChI=1S/C23H28N4O2/c1-2-3-12-26(14-15-28)16-17-7-9-18(10-8-17)22-25-20-6-4-5-19-21(20)27(22)13-11-24-23(19)29/h4-10,28H,2-3,11-16H2,1H3,(H,24,29). The summed E-state index contributed by atoms with van der Waals surface area (Å²) in [7, 11) is 0. The van der Waals surface area contributed by atoms with Gasteiger partial charge in [0.2, 0.25) is 0 Å². The molecular formula is C23H28N4O2. The molecule has 6 nitrogen and oxygen atoms in total. The van der Waals surface area contributed by atoms with E-state index in [2.05, 4.69) is 46.0 Å². The van der Waals surface area contributed by atoms with Crippen molar-refractivity contribution in [2.75, 3.05) is 26.2 Å². The molecule has 0 saturated heterocycles. The lowest BCUT2D eigenvalue weighted by atomic mass is 10.1. The van der Waals surface area contributed by atoms with E-state index in [-0.39, 0.29) is 12.5 Å². The van der Waals surface area contributed by atoms with Gasteiger partial charge in [0.05, 0.1) is 23.2 Å². The number of amides is 1. The van der Waals surface area contributed by atoms with Crippen LogP contribution in [0, 0.1) is 0 Å². The SMILES string of the molecule is CCCCN(CCO)Cc1ccc(-c2nc3cccc4c3n2CCNC4=O)cc1. The zero-order chi connectivity index (χ0) is 20.2. The molecule has 4 rings (SSSR count). The van der Waals surface area contributed by atoms with Crippen molar-refractivity contribution >= 4 is 16.9 Å². The Labute approximate surface area is 171 Å². The summed E-state index contributed by atoms with van der Waals surface area (Å²) < 4.78 is 2.15. The van der Waals surface area contributed by atoms with Gasteiger partial charge in [0.1, 0.15) is 5.82 Å². The van der Waals surface area contributed by atoms with Crippen LogP contribution in [-0.2, 0) is 13.1 Å². The van der Waals surface area contributed by atoms with Crippen molar-refractivity contribution in [3.63, 3.8) is 0 Å². The maximum Gasteiger partial charge on any atom is 0.253 e. The Kier molecular flexibility index (Phi) is 5.92. The number of aromatic nitrogens is 2. The van der Waals surface area contributed by atoms with Crippen LogP contribution in [0.25, 0.3) is 22.4 Å². The van der Waals surface area contributed by atoms with E-state index >= 15 is 0 Å². The normalized spacial score (nSPS) is 13.7. The number of rotatable bonds is 8. The first-order chi connectivity index (χ1) is 14.2. The maximum atomic E-state index is 12.3. The third-order valence-electron chi connectivity index (χ3n) is 5.49. The number of hydrogen-bond donors (Lipinski definition) is 2. The van der Waals surface area contributed by atoms with E-state index < -0.39 is 0 Å². The molecular weight excluding hydrogens is 364 g/mol. The van der Waals surface area contributed by atoms with Crippen LogP contribution in [0.3, 0.4) is 0 Å². The Bertz CT molecular complexity index is 994. The summed E-state index contributed by atoms with van der Waals surface area (Å²) in [6.07, 6.45) is 2.29. The summed E-state index contributed by atoms with van der Waals surface area (Å²) in [5, 5.41) is 12.3. The van der Waals surface area contributed by atoms with Crippen LogP contribution in [0.2, 0.25) is 0 Å². The third kappa shape index (κ3) is 4.04. The maximum absolute atomic E-state index is 12.3. The van der Waals surface area contributed by atoms with Gasteiger partial charge in [-0.25, -0.2) is 4.98 Å². The largest absolute Gasteiger partial charge is 0.395 e. The zero-order valence-corrected chi connectivity index (χ0v) is 16.9. The number of nitrogens with zero attached hydrogens (tertiary/aromatic N) is 3. The molecule has 0 saturated carbocycles. The molecule has 0 atom stereocenters. The van der Waals surface area contributed by atoms with Gasteiger partial charge in [-0.05, 0) is 30.7 Å². The van der Waals surface area contributed by atoms with Crippen LogP contribution >= 0.6 is 0 Å². The predicted molar refractivity (Wildman–Crippen MR) is 115 cm³/mol. The van der Waals surface area contributed by atoms with Gasteiger partial charge in [-0.3, -0.25) is 9.69 Å². The van der Waals surface area contributed by atoms with Gasteiger partial charge in [-0.1, -0.05) is 43.7 Å². The molecule has 1 amide bonds. The van der Waals surface area contributed by atoms with E-state index in [1.165, 1.54) is 5.56 Å². The monoisotopic (exact) mass is 392 g/mol. The second-order valence-corrected chi connectivity index (χ2v) is 7.57. The molecule has 1 aliphatic heterocycles. The summed E-state index contributed by atoms with van der Waals surface area (Å²) >= 11 is 0. The Morgan fingerprint density at radius 2 is 2.00 bits per heavy atom. The van der Waals surface area contributed by atoms with Gasteiger partial charge in [0.15, 0.2) is 0 Å². The average Bonchev–Trinajstić information content (AvgIpc) is 3.02. The summed E-state index contributed by atoms with van der Waals surface area (Å²) in [6.45, 7) is 6.19. The van der Waals surface area contributed by atoms with Crippen LogP contribution in [0.1, 0.15) is 35.7 Å². The predicted octanol–water partition coefficient (Wildman–Crippen LogP) is 3.04. The fourth-order valence-corrected chi connectivity index (χ4v) is 3.99. The molecule has 0 bridgehead atoms. The second kappa shape index (κ2) is 8.76. The fraction of sp³-hybridized carbons (Fsp3) is 0.391. The van der Waals surface area contributed by atoms with E-state index in [1.54, 1.807) is 0 Å². The quantitative estimate of drug-likeness (QED) is 0.618. The molecule has 2 N–H and O–H groups in total. The lowest BCUT2D eigenvalue weighted by Crippen LogP contribution is -2.27. The summed E-state index contributed by atoms with van der Waals surface area (Å²) in [6, 6.07) is 14.2. The summed E-state index contributed by atoms with van der Waals surface area (Å²) in [5.41, 5.74) is 4.73. The molecule has 1 aliphatic rings. The van der Waals surface area contributed by atoms with Crippen molar-refractivity contribution in [1.29, 1.82) is 0 Å². The topological polar surface area (TPSA) is 70.4 Å². The molecule has 6 heteroatoms. The van der Waals surface area contributed by atoms with Crippen molar-refractivity contribution in [3.05, 3.63) is 53.6 Å². The third-order valence-corrected chi connectivity index (χ3v) is 5.49. The van der Waals surface area contributed by atoms with E-state index in [9.17, 15) is 9.90 Å². The number of imidazole rings is 1. The smallest absolute Gasteiger partial charge is 0.253 e. The molecule has 2 aromatic carbocycles. The summed E-state index contributed by atoms with van der Waals surface area (Å²) in [4.78, 5) is 19.5. The van der Waals surface area contributed by atoms with E-state index in [0.29, 0.717) is 25.2 Å². The number of aliphatic hydroxyl groups is 1. The van der Waals surface area contributed by atoms with Crippen molar-refractivity contribution < 1.29 is 9.90 Å². The summed E-state index contributed by atoms with van der Waals surface area (Å²) in [5.74, 6) is 0.862. The van der Waals surface area contributed by atoms with Crippen molar-refractivity contribution in [3.8, 4) is 11.4 Å². The van der Waals surface area contributed by atoms with E-state index in [1.807, 2.05) is 18.2 Å². The van der Waals surface area contributed by atoms with Gasteiger partial charge in [0, 0.05) is 31.7 Å². The van der Waals surface area contributed by atoms with Gasteiger partial charge < -0.3 is 15.0 Å². The molecule has 152 valence electrons. The highest BCUT2D eigenvalue weighted by Crippen LogP contribution is 2.28. The van der Waals surface area contributed by atoms with Crippen molar-refractivity contribution in [2.45, 2.75) is 32.9 Å². The number of nitrogens with one attached hydrogen (secondary N) is 1. The van der Waals surface area contributed by atoms with Crippen LogP contribution < -0.4 is 5.32 Å². The second-order valence-electron chi connectivity index (χ2n) is 7.57. The van der Waals surface area contributed by atoms with Crippen LogP contribution in [0.15, 0.2) is 42.5 Å². The highest BCUT2D eigenvalue weighted by molar-refractivity contribution is 6.06. The molecule has 0 fully saturated rings. The Balaban J connectivity index is 1.62. The minimum Gasteiger partial charge on any atom is -0.395 e. The van der Waals surface area contributed by atoms with Gasteiger partial charge in [0.25, 0.3) is 5.91 Å². The molecule has 2 heterocycles. The van der Waals surface area contributed by atoms with E-state index in [0.717, 1.165) is 48.4 Å².